The first kappa shape index (κ1) is 12.7. The summed E-state index contributed by atoms with van der Waals surface area (Å²) in [6, 6.07) is 12.5. The van der Waals surface area contributed by atoms with Crippen LogP contribution in [0.5, 0.6) is 11.5 Å². The van der Waals surface area contributed by atoms with Crippen LogP contribution in [-0.4, -0.2) is 27.4 Å². The maximum atomic E-state index is 11.7. The molecule has 0 aromatic heterocycles. The molecular formula is C15H12O5. The minimum atomic E-state index is -2.04. The first-order valence-electron chi connectivity index (χ1n) is 6.05. The van der Waals surface area contributed by atoms with Crippen molar-refractivity contribution in [3.8, 4) is 11.5 Å². The largest absolute Gasteiger partial charge is 0.507 e. The summed E-state index contributed by atoms with van der Waals surface area (Å²) in [4.78, 5) is 11.7. The van der Waals surface area contributed by atoms with E-state index in [9.17, 15) is 20.1 Å². The Morgan fingerprint density at radius 2 is 1.75 bits per heavy atom. The summed E-state index contributed by atoms with van der Waals surface area (Å²) in [7, 11) is 0. The third-order valence-corrected chi connectivity index (χ3v) is 3.43. The molecule has 2 aromatic carbocycles. The third-order valence-electron chi connectivity index (χ3n) is 3.43. The highest BCUT2D eigenvalue weighted by Crippen LogP contribution is 2.46. The molecule has 0 radical (unpaired) electrons. The Morgan fingerprint density at radius 1 is 1.05 bits per heavy atom. The number of esters is 1. The maximum Gasteiger partial charge on any atom is 0.344 e. The summed E-state index contributed by atoms with van der Waals surface area (Å²) in [5.74, 6) is -1.18. The fourth-order valence-electron chi connectivity index (χ4n) is 2.45. The number of ether oxygens (including phenoxy) is 1. The molecule has 5 heteroatoms. The quantitative estimate of drug-likeness (QED) is 0.530. The van der Waals surface area contributed by atoms with Crippen molar-refractivity contribution in [3.63, 3.8) is 0 Å². The van der Waals surface area contributed by atoms with Gasteiger partial charge in [-0.2, -0.15) is 0 Å². The molecule has 0 spiro atoms. The van der Waals surface area contributed by atoms with Gasteiger partial charge in [-0.25, -0.2) is 4.79 Å². The number of carbonyl (C=O) groups is 1. The molecule has 20 heavy (non-hydrogen) atoms. The van der Waals surface area contributed by atoms with Gasteiger partial charge in [-0.3, -0.25) is 0 Å². The van der Waals surface area contributed by atoms with E-state index in [2.05, 4.69) is 0 Å². The van der Waals surface area contributed by atoms with Crippen molar-refractivity contribution in [1.82, 2.24) is 0 Å². The lowest BCUT2D eigenvalue weighted by molar-refractivity contribution is -0.161. The van der Waals surface area contributed by atoms with Gasteiger partial charge in [0.05, 0.1) is 5.56 Å². The summed E-state index contributed by atoms with van der Waals surface area (Å²) >= 11 is 0. The highest BCUT2D eigenvalue weighted by Gasteiger charge is 2.51. The fraction of sp³-hybridized carbons (Fsp3) is 0.133. The summed E-state index contributed by atoms with van der Waals surface area (Å²) < 4.78 is 4.93. The van der Waals surface area contributed by atoms with Crippen LogP contribution in [0.25, 0.3) is 0 Å². The van der Waals surface area contributed by atoms with Gasteiger partial charge in [-0.1, -0.05) is 36.4 Å². The van der Waals surface area contributed by atoms with Crippen LogP contribution in [0.1, 0.15) is 11.1 Å². The van der Waals surface area contributed by atoms with Gasteiger partial charge in [-0.05, 0) is 17.7 Å². The van der Waals surface area contributed by atoms with Crippen molar-refractivity contribution >= 4 is 5.97 Å². The number of aliphatic hydroxyl groups is 2. The minimum Gasteiger partial charge on any atom is -0.507 e. The van der Waals surface area contributed by atoms with E-state index in [4.69, 9.17) is 4.74 Å². The Bertz CT molecular complexity index is 667. The second-order valence-electron chi connectivity index (χ2n) is 4.61. The Balaban J connectivity index is 2.32. The number of phenols is 1. The SMILES string of the molecule is O=C1Oc2cccc(O)c2C(O)(c2ccccc2)C1O. The molecule has 0 amide bonds. The summed E-state index contributed by atoms with van der Waals surface area (Å²) in [5, 5.41) is 31.0. The minimum absolute atomic E-state index is 0.0155. The number of aromatic hydroxyl groups is 1. The molecule has 3 rings (SSSR count). The van der Waals surface area contributed by atoms with E-state index >= 15 is 0 Å². The normalized spacial score (nSPS) is 24.9. The molecule has 0 fully saturated rings. The Labute approximate surface area is 114 Å². The van der Waals surface area contributed by atoms with E-state index < -0.39 is 17.7 Å². The summed E-state index contributed by atoms with van der Waals surface area (Å²) in [6.45, 7) is 0. The standard InChI is InChI=1S/C15H12O5/c16-10-7-4-8-11-12(10)15(19,13(17)14(18)20-11)9-5-2-1-3-6-9/h1-8,13,16-17,19H. The predicted octanol–water partition coefficient (Wildman–Crippen LogP) is 0.908. The Kier molecular flexibility index (Phi) is 2.74. The molecule has 0 saturated heterocycles. The van der Waals surface area contributed by atoms with Crippen LogP contribution in [0.2, 0.25) is 0 Å². The molecule has 2 atom stereocenters. The zero-order valence-corrected chi connectivity index (χ0v) is 10.4. The van der Waals surface area contributed by atoms with E-state index in [1.54, 1.807) is 30.3 Å². The molecule has 1 heterocycles. The van der Waals surface area contributed by atoms with Crippen molar-refractivity contribution in [2.45, 2.75) is 11.7 Å². The van der Waals surface area contributed by atoms with Gasteiger partial charge in [-0.15, -0.1) is 0 Å². The van der Waals surface area contributed by atoms with Crippen molar-refractivity contribution in [3.05, 3.63) is 59.7 Å². The van der Waals surface area contributed by atoms with Gasteiger partial charge >= 0.3 is 5.97 Å². The highest BCUT2D eigenvalue weighted by atomic mass is 16.6. The van der Waals surface area contributed by atoms with E-state index in [1.807, 2.05) is 0 Å². The molecule has 5 nitrogen and oxygen atoms in total. The Hall–Kier alpha value is -2.37. The molecule has 0 aliphatic carbocycles. The molecule has 2 unspecified atom stereocenters. The van der Waals surface area contributed by atoms with Crippen molar-refractivity contribution < 1.29 is 24.9 Å². The fourth-order valence-corrected chi connectivity index (χ4v) is 2.45. The number of aliphatic hydroxyl groups excluding tert-OH is 1. The number of benzene rings is 2. The van der Waals surface area contributed by atoms with Gasteiger partial charge < -0.3 is 20.1 Å². The zero-order chi connectivity index (χ0) is 14.3. The molecule has 0 saturated carbocycles. The van der Waals surface area contributed by atoms with Gasteiger partial charge in [0.1, 0.15) is 11.5 Å². The lowest BCUT2D eigenvalue weighted by atomic mass is 9.79. The third kappa shape index (κ3) is 1.61. The van der Waals surface area contributed by atoms with Gasteiger partial charge in [0, 0.05) is 0 Å². The molecule has 1 aliphatic heterocycles. The van der Waals surface area contributed by atoms with Crippen LogP contribution in [0, 0.1) is 0 Å². The van der Waals surface area contributed by atoms with Crippen molar-refractivity contribution in [2.75, 3.05) is 0 Å². The van der Waals surface area contributed by atoms with E-state index in [0.717, 1.165) is 0 Å². The van der Waals surface area contributed by atoms with Crippen LogP contribution in [-0.2, 0) is 10.4 Å². The first-order chi connectivity index (χ1) is 9.55. The zero-order valence-electron chi connectivity index (χ0n) is 10.4. The van der Waals surface area contributed by atoms with Crippen LogP contribution in [0.4, 0.5) is 0 Å². The van der Waals surface area contributed by atoms with Gasteiger partial charge in [0.15, 0.2) is 11.7 Å². The molecule has 102 valence electrons. The maximum absolute atomic E-state index is 11.7. The van der Waals surface area contributed by atoms with Crippen LogP contribution in [0.3, 0.4) is 0 Å². The topological polar surface area (TPSA) is 87.0 Å². The number of phenolic OH excluding ortho intramolecular Hbond substituents is 1. The number of fused-ring (bicyclic) bond motifs is 1. The molecule has 0 bridgehead atoms. The smallest absolute Gasteiger partial charge is 0.344 e. The number of rotatable bonds is 1. The van der Waals surface area contributed by atoms with Crippen LogP contribution in [0.15, 0.2) is 48.5 Å². The summed E-state index contributed by atoms with van der Waals surface area (Å²) in [5.41, 5.74) is -1.76. The van der Waals surface area contributed by atoms with Crippen molar-refractivity contribution in [2.24, 2.45) is 0 Å². The molecule has 3 N–H and O–H groups in total. The van der Waals surface area contributed by atoms with Gasteiger partial charge in [0.25, 0.3) is 0 Å². The van der Waals surface area contributed by atoms with E-state index in [0.29, 0.717) is 5.56 Å². The second kappa shape index (κ2) is 4.33. The summed E-state index contributed by atoms with van der Waals surface area (Å²) in [6.07, 6.45) is -1.81. The molecule has 2 aromatic rings. The number of hydrogen-bond acceptors (Lipinski definition) is 5. The highest BCUT2D eigenvalue weighted by molar-refractivity contribution is 5.84. The molecule has 1 aliphatic rings. The second-order valence-corrected chi connectivity index (χ2v) is 4.61. The number of carbonyl (C=O) groups excluding carboxylic acids is 1. The van der Waals surface area contributed by atoms with E-state index in [-0.39, 0.29) is 17.1 Å². The number of hydrogen-bond donors (Lipinski definition) is 3. The first-order valence-corrected chi connectivity index (χ1v) is 6.05. The van der Waals surface area contributed by atoms with Crippen LogP contribution < -0.4 is 4.74 Å². The molecular weight excluding hydrogens is 260 g/mol. The van der Waals surface area contributed by atoms with Gasteiger partial charge in [0.2, 0.25) is 0 Å². The van der Waals surface area contributed by atoms with Crippen molar-refractivity contribution in [1.29, 1.82) is 0 Å². The monoisotopic (exact) mass is 272 g/mol. The average molecular weight is 272 g/mol. The van der Waals surface area contributed by atoms with E-state index in [1.165, 1.54) is 18.2 Å². The predicted molar refractivity (Wildman–Crippen MR) is 69.2 cm³/mol. The average Bonchev–Trinajstić information content (AvgIpc) is 2.45. The van der Waals surface area contributed by atoms with Crippen LogP contribution >= 0.6 is 0 Å². The Morgan fingerprint density at radius 3 is 2.45 bits per heavy atom. The lowest BCUT2D eigenvalue weighted by Gasteiger charge is -2.37. The lowest BCUT2D eigenvalue weighted by Crippen LogP contribution is -2.50.